The van der Waals surface area contributed by atoms with Gasteiger partial charge < -0.3 is 0 Å². The first-order chi connectivity index (χ1) is 11.5. The van der Waals surface area contributed by atoms with Gasteiger partial charge in [0, 0.05) is 10.0 Å². The van der Waals surface area contributed by atoms with Gasteiger partial charge in [-0.3, -0.25) is 4.79 Å². The van der Waals surface area contributed by atoms with Crippen molar-refractivity contribution in [2.45, 2.75) is 6.92 Å². The molecule has 3 rings (SSSR count). The van der Waals surface area contributed by atoms with Crippen molar-refractivity contribution in [3.05, 3.63) is 70.1 Å². The van der Waals surface area contributed by atoms with E-state index in [2.05, 4.69) is 20.9 Å². The van der Waals surface area contributed by atoms with Crippen LogP contribution in [0.2, 0.25) is 0 Å². The molecule has 7 heteroatoms. The van der Waals surface area contributed by atoms with Crippen LogP contribution in [0.1, 0.15) is 16.1 Å². The van der Waals surface area contributed by atoms with E-state index in [9.17, 15) is 9.18 Å². The molecule has 2 aromatic carbocycles. The lowest BCUT2D eigenvalue weighted by molar-refractivity contribution is 0.0987. The Labute approximate surface area is 150 Å². The number of halogens is 2. The first kappa shape index (κ1) is 16.8. The number of hydrazine groups is 1. The number of benzene rings is 2. The molecule has 0 aliphatic heterocycles. The van der Waals surface area contributed by atoms with Crippen molar-refractivity contribution in [2.75, 3.05) is 5.01 Å². The van der Waals surface area contributed by atoms with E-state index in [1.165, 1.54) is 35.6 Å². The molecule has 0 aliphatic carbocycles. The maximum atomic E-state index is 13.0. The Morgan fingerprint density at radius 2 is 1.79 bits per heavy atom. The van der Waals surface area contributed by atoms with Gasteiger partial charge in [0.15, 0.2) is 0 Å². The van der Waals surface area contributed by atoms with Crippen molar-refractivity contribution in [3.8, 4) is 10.4 Å². The van der Waals surface area contributed by atoms with E-state index in [-0.39, 0.29) is 0 Å². The van der Waals surface area contributed by atoms with E-state index in [0.29, 0.717) is 10.7 Å². The van der Waals surface area contributed by atoms with Gasteiger partial charge in [0.05, 0.1) is 10.6 Å². The third kappa shape index (κ3) is 3.38. The highest BCUT2D eigenvalue weighted by Crippen LogP contribution is 2.34. The summed E-state index contributed by atoms with van der Waals surface area (Å²) in [5.41, 5.74) is 2.10. The number of nitrogens with zero attached hydrogens (tertiary/aromatic N) is 2. The van der Waals surface area contributed by atoms with Gasteiger partial charge in [-0.2, -0.15) is 0 Å². The largest absolute Gasteiger partial charge is 0.274 e. The second-order valence-electron chi connectivity index (χ2n) is 5.10. The topological polar surface area (TPSA) is 59.2 Å². The highest BCUT2D eigenvalue weighted by molar-refractivity contribution is 9.10. The zero-order valence-corrected chi connectivity index (χ0v) is 15.1. The average molecular weight is 406 g/mol. The summed E-state index contributed by atoms with van der Waals surface area (Å²) in [6.45, 7) is 1.87. The van der Waals surface area contributed by atoms with Crippen LogP contribution in [0.4, 0.5) is 9.52 Å². The second-order valence-corrected chi connectivity index (χ2v) is 6.99. The predicted molar refractivity (Wildman–Crippen MR) is 97.4 cm³/mol. The number of anilines is 1. The molecule has 0 atom stereocenters. The SMILES string of the molecule is Cc1nc(N(N)C(=O)c2ccc(F)cc2)sc1-c1ccc(Br)cc1. The molecule has 3 aromatic rings. The fourth-order valence-corrected chi connectivity index (χ4v) is 3.43. The van der Waals surface area contributed by atoms with Crippen molar-refractivity contribution < 1.29 is 9.18 Å². The molecule has 0 fully saturated rings. The average Bonchev–Trinajstić information content (AvgIpc) is 2.97. The molecule has 1 heterocycles. The second kappa shape index (κ2) is 6.80. The van der Waals surface area contributed by atoms with Crippen LogP contribution < -0.4 is 10.9 Å². The summed E-state index contributed by atoms with van der Waals surface area (Å²) in [7, 11) is 0. The van der Waals surface area contributed by atoms with Crippen LogP contribution in [0.15, 0.2) is 53.0 Å². The summed E-state index contributed by atoms with van der Waals surface area (Å²) >= 11 is 4.74. The third-order valence-electron chi connectivity index (χ3n) is 3.41. The minimum atomic E-state index is -0.439. The Morgan fingerprint density at radius 3 is 2.42 bits per heavy atom. The number of carbonyl (C=O) groups is 1. The molecule has 0 saturated heterocycles. The number of thiazole rings is 1. The lowest BCUT2D eigenvalue weighted by atomic mass is 10.2. The number of amides is 1. The molecule has 0 radical (unpaired) electrons. The zero-order valence-electron chi connectivity index (χ0n) is 12.7. The summed E-state index contributed by atoms with van der Waals surface area (Å²) in [6.07, 6.45) is 0. The normalized spacial score (nSPS) is 10.7. The van der Waals surface area contributed by atoms with Crippen molar-refractivity contribution >= 4 is 38.3 Å². The van der Waals surface area contributed by atoms with Gasteiger partial charge in [0.1, 0.15) is 5.82 Å². The van der Waals surface area contributed by atoms with Crippen LogP contribution in [-0.2, 0) is 0 Å². The number of rotatable bonds is 3. The van der Waals surface area contributed by atoms with Crippen LogP contribution in [0.25, 0.3) is 10.4 Å². The van der Waals surface area contributed by atoms with E-state index in [0.717, 1.165) is 25.6 Å². The number of nitrogens with two attached hydrogens (primary N) is 1. The predicted octanol–water partition coefficient (Wildman–Crippen LogP) is 4.54. The van der Waals surface area contributed by atoms with Gasteiger partial charge in [-0.15, -0.1) is 0 Å². The number of hydrogen-bond acceptors (Lipinski definition) is 4. The summed E-state index contributed by atoms with van der Waals surface area (Å²) in [5.74, 6) is 5.08. The van der Waals surface area contributed by atoms with Crippen LogP contribution in [-0.4, -0.2) is 10.9 Å². The first-order valence-electron chi connectivity index (χ1n) is 7.04. The molecule has 0 aliphatic rings. The molecule has 2 N–H and O–H groups in total. The van der Waals surface area contributed by atoms with Gasteiger partial charge in [-0.1, -0.05) is 39.4 Å². The Kier molecular flexibility index (Phi) is 4.75. The smallest absolute Gasteiger partial charge is 0.267 e. The van der Waals surface area contributed by atoms with E-state index < -0.39 is 11.7 Å². The van der Waals surface area contributed by atoms with Crippen LogP contribution in [0.5, 0.6) is 0 Å². The maximum Gasteiger partial charge on any atom is 0.274 e. The monoisotopic (exact) mass is 405 g/mol. The molecule has 122 valence electrons. The van der Waals surface area contributed by atoms with Crippen LogP contribution >= 0.6 is 27.3 Å². The zero-order chi connectivity index (χ0) is 17.3. The highest BCUT2D eigenvalue weighted by atomic mass is 79.9. The third-order valence-corrected chi connectivity index (χ3v) is 5.14. The first-order valence-corrected chi connectivity index (χ1v) is 8.65. The lowest BCUT2D eigenvalue weighted by Crippen LogP contribution is -2.37. The fourth-order valence-electron chi connectivity index (χ4n) is 2.17. The Hall–Kier alpha value is -2.09. The van der Waals surface area contributed by atoms with Crippen LogP contribution in [0, 0.1) is 12.7 Å². The molecule has 0 unspecified atom stereocenters. The summed E-state index contributed by atoms with van der Waals surface area (Å²) in [5, 5.41) is 1.38. The van der Waals surface area contributed by atoms with Crippen molar-refractivity contribution in [2.24, 2.45) is 5.84 Å². The van der Waals surface area contributed by atoms with Crippen LogP contribution in [0.3, 0.4) is 0 Å². The standard InChI is InChI=1S/C17H13BrFN3OS/c1-10-15(11-2-6-13(18)7-3-11)24-17(21-10)22(20)16(23)12-4-8-14(19)9-5-12/h2-9H,20H2,1H3. The molecule has 0 bridgehead atoms. The molecular weight excluding hydrogens is 393 g/mol. The summed E-state index contributed by atoms with van der Waals surface area (Å²) < 4.78 is 14.0. The molecule has 1 aromatic heterocycles. The molecular formula is C17H13BrFN3OS. The van der Waals surface area contributed by atoms with Gasteiger partial charge >= 0.3 is 0 Å². The molecule has 24 heavy (non-hydrogen) atoms. The molecule has 1 amide bonds. The van der Waals surface area contributed by atoms with Gasteiger partial charge in [-0.25, -0.2) is 20.2 Å². The summed E-state index contributed by atoms with van der Waals surface area (Å²) in [6, 6.07) is 13.1. The van der Waals surface area contributed by atoms with Gasteiger partial charge in [0.2, 0.25) is 5.13 Å². The Balaban J connectivity index is 1.89. The minimum Gasteiger partial charge on any atom is -0.267 e. The van der Waals surface area contributed by atoms with E-state index in [1.54, 1.807) is 0 Å². The van der Waals surface area contributed by atoms with E-state index in [4.69, 9.17) is 5.84 Å². The van der Waals surface area contributed by atoms with Crippen molar-refractivity contribution in [1.29, 1.82) is 0 Å². The highest BCUT2D eigenvalue weighted by Gasteiger charge is 2.20. The Bertz CT molecular complexity index is 878. The quantitative estimate of drug-likeness (QED) is 0.395. The lowest BCUT2D eigenvalue weighted by Gasteiger charge is -2.12. The van der Waals surface area contributed by atoms with Gasteiger partial charge in [0.25, 0.3) is 5.91 Å². The molecule has 4 nitrogen and oxygen atoms in total. The minimum absolute atomic E-state index is 0.303. The van der Waals surface area contributed by atoms with E-state index in [1.807, 2.05) is 31.2 Å². The summed E-state index contributed by atoms with van der Waals surface area (Å²) in [4.78, 5) is 17.7. The molecule has 0 saturated carbocycles. The number of hydrogen-bond donors (Lipinski definition) is 1. The number of carbonyl (C=O) groups excluding carboxylic acids is 1. The molecule has 0 spiro atoms. The maximum absolute atomic E-state index is 13.0. The number of aryl methyl sites for hydroxylation is 1. The fraction of sp³-hybridized carbons (Fsp3) is 0.0588. The van der Waals surface area contributed by atoms with Crippen molar-refractivity contribution in [1.82, 2.24) is 4.98 Å². The van der Waals surface area contributed by atoms with Gasteiger partial charge in [-0.05, 0) is 48.9 Å². The number of aromatic nitrogens is 1. The van der Waals surface area contributed by atoms with Crippen molar-refractivity contribution in [3.63, 3.8) is 0 Å². The Morgan fingerprint density at radius 1 is 1.17 bits per heavy atom. The van der Waals surface area contributed by atoms with E-state index >= 15 is 0 Å².